The van der Waals surface area contributed by atoms with Crippen molar-refractivity contribution < 1.29 is 4.42 Å². The summed E-state index contributed by atoms with van der Waals surface area (Å²) in [4.78, 5) is 0. The fourth-order valence-electron chi connectivity index (χ4n) is 1.72. The van der Waals surface area contributed by atoms with Crippen LogP contribution in [0.3, 0.4) is 0 Å². The summed E-state index contributed by atoms with van der Waals surface area (Å²) >= 11 is 5.30. The summed E-state index contributed by atoms with van der Waals surface area (Å²) in [6.45, 7) is 2.80. The highest BCUT2D eigenvalue weighted by Gasteiger charge is 2.04. The van der Waals surface area contributed by atoms with E-state index in [2.05, 4.69) is 40.5 Å². The molecule has 0 fully saturated rings. The van der Waals surface area contributed by atoms with Gasteiger partial charge in [0.15, 0.2) is 0 Å². The van der Waals surface area contributed by atoms with E-state index in [4.69, 9.17) is 4.42 Å². The first-order valence-corrected chi connectivity index (χ1v) is 7.95. The first-order valence-electron chi connectivity index (χ1n) is 5.76. The van der Waals surface area contributed by atoms with Crippen LogP contribution in [-0.2, 0) is 12.3 Å². The lowest BCUT2D eigenvalue weighted by Gasteiger charge is -2.09. The molecular formula is C14H16BrNOS. The maximum absolute atomic E-state index is 5.72. The molecule has 0 amide bonds. The van der Waals surface area contributed by atoms with Crippen molar-refractivity contribution >= 4 is 33.4 Å². The van der Waals surface area contributed by atoms with Gasteiger partial charge in [0.2, 0.25) is 0 Å². The molecule has 96 valence electrons. The van der Waals surface area contributed by atoms with Gasteiger partial charge in [0.05, 0.1) is 12.3 Å². The maximum Gasteiger partial charge on any atom is 0.123 e. The number of thioether (sulfide) groups is 1. The zero-order valence-electron chi connectivity index (χ0n) is 10.5. The number of benzene rings is 1. The van der Waals surface area contributed by atoms with Crippen molar-refractivity contribution in [3.05, 3.63) is 51.9 Å². The predicted molar refractivity (Wildman–Crippen MR) is 82.1 cm³/mol. The monoisotopic (exact) mass is 325 g/mol. The van der Waals surface area contributed by atoms with Gasteiger partial charge in [-0.2, -0.15) is 11.8 Å². The first-order chi connectivity index (χ1) is 8.70. The van der Waals surface area contributed by atoms with E-state index in [0.717, 1.165) is 27.4 Å². The second-order valence-corrected chi connectivity index (χ2v) is 5.79. The average Bonchev–Trinajstić information content (AvgIpc) is 2.79. The van der Waals surface area contributed by atoms with Gasteiger partial charge in [-0.05, 0) is 43.0 Å². The Morgan fingerprint density at radius 2 is 2.00 bits per heavy atom. The van der Waals surface area contributed by atoms with Gasteiger partial charge in [0, 0.05) is 10.2 Å². The van der Waals surface area contributed by atoms with Crippen molar-refractivity contribution in [3.8, 4) is 0 Å². The van der Waals surface area contributed by atoms with Crippen LogP contribution < -0.4 is 5.32 Å². The van der Waals surface area contributed by atoms with Gasteiger partial charge in [-0.25, -0.2) is 0 Å². The van der Waals surface area contributed by atoms with Gasteiger partial charge in [-0.3, -0.25) is 0 Å². The fraction of sp³-hybridized carbons (Fsp3) is 0.286. The summed E-state index contributed by atoms with van der Waals surface area (Å²) in [6, 6.07) is 10.2. The Morgan fingerprint density at radius 3 is 2.78 bits per heavy atom. The molecule has 0 saturated heterocycles. The third-order valence-corrected chi connectivity index (χ3v) is 4.16. The predicted octanol–water partition coefficient (Wildman–Crippen LogP) is 4.83. The number of halogens is 1. The number of anilines is 1. The van der Waals surface area contributed by atoms with Crippen molar-refractivity contribution in [1.29, 1.82) is 0 Å². The molecule has 18 heavy (non-hydrogen) atoms. The van der Waals surface area contributed by atoms with Gasteiger partial charge >= 0.3 is 0 Å². The Hall–Kier alpha value is -0.870. The molecule has 0 spiro atoms. The molecule has 4 heteroatoms. The van der Waals surface area contributed by atoms with E-state index in [1.54, 1.807) is 11.8 Å². The highest BCUT2D eigenvalue weighted by atomic mass is 79.9. The summed E-state index contributed by atoms with van der Waals surface area (Å²) in [7, 11) is 0. The topological polar surface area (TPSA) is 25.2 Å². The molecule has 2 nitrogen and oxygen atoms in total. The molecule has 2 aromatic rings. The lowest BCUT2D eigenvalue weighted by Crippen LogP contribution is -2.00. The highest BCUT2D eigenvalue weighted by Crippen LogP contribution is 2.24. The van der Waals surface area contributed by atoms with E-state index in [1.807, 2.05) is 24.3 Å². The van der Waals surface area contributed by atoms with E-state index in [-0.39, 0.29) is 0 Å². The molecule has 1 aromatic carbocycles. The van der Waals surface area contributed by atoms with Gasteiger partial charge < -0.3 is 9.73 Å². The summed E-state index contributed by atoms with van der Waals surface area (Å²) < 4.78 is 6.84. The number of hydrogen-bond acceptors (Lipinski definition) is 3. The van der Waals surface area contributed by atoms with Crippen LogP contribution in [0, 0.1) is 6.92 Å². The molecule has 0 bridgehead atoms. The normalized spacial score (nSPS) is 10.6. The minimum absolute atomic E-state index is 0.714. The minimum atomic E-state index is 0.714. The van der Waals surface area contributed by atoms with Gasteiger partial charge in [-0.15, -0.1) is 0 Å². The maximum atomic E-state index is 5.72. The van der Waals surface area contributed by atoms with Crippen LogP contribution in [0.25, 0.3) is 0 Å². The Morgan fingerprint density at radius 1 is 1.22 bits per heavy atom. The first kappa shape index (κ1) is 13.6. The Bertz CT molecular complexity index is 524. The van der Waals surface area contributed by atoms with Crippen molar-refractivity contribution in [3.63, 3.8) is 0 Å². The molecule has 0 radical (unpaired) electrons. The molecule has 1 aromatic heterocycles. The fourth-order valence-corrected chi connectivity index (χ4v) is 2.52. The van der Waals surface area contributed by atoms with Crippen LogP contribution in [0.2, 0.25) is 0 Å². The molecule has 0 aliphatic rings. The molecule has 0 atom stereocenters. The van der Waals surface area contributed by atoms with Crippen LogP contribution in [-0.4, -0.2) is 6.26 Å². The largest absolute Gasteiger partial charge is 0.463 e. The minimum Gasteiger partial charge on any atom is -0.463 e. The quantitative estimate of drug-likeness (QED) is 0.852. The van der Waals surface area contributed by atoms with E-state index in [9.17, 15) is 0 Å². The molecule has 0 saturated carbocycles. The summed E-state index contributed by atoms with van der Waals surface area (Å²) in [5.41, 5.74) is 2.35. The standard InChI is InChI=1S/C14H16BrNOS/c1-10-13(15)4-3-5-14(10)16-8-11-6-7-12(17-11)9-18-2/h3-7,16H,8-9H2,1-2H3. The zero-order chi connectivity index (χ0) is 13.0. The van der Waals surface area contributed by atoms with Crippen molar-refractivity contribution in [2.24, 2.45) is 0 Å². The lowest BCUT2D eigenvalue weighted by molar-refractivity contribution is 0.487. The SMILES string of the molecule is CSCc1ccc(CNc2cccc(Br)c2C)o1. The number of hydrogen-bond donors (Lipinski definition) is 1. The Balaban J connectivity index is 2.00. The Kier molecular flexibility index (Phi) is 4.78. The molecular weight excluding hydrogens is 310 g/mol. The second-order valence-electron chi connectivity index (χ2n) is 4.07. The third-order valence-electron chi connectivity index (χ3n) is 2.72. The lowest BCUT2D eigenvalue weighted by atomic mass is 10.2. The van der Waals surface area contributed by atoms with Crippen molar-refractivity contribution in [2.45, 2.75) is 19.2 Å². The van der Waals surface area contributed by atoms with Crippen LogP contribution in [0.15, 0.2) is 39.2 Å². The van der Waals surface area contributed by atoms with Crippen LogP contribution in [0.4, 0.5) is 5.69 Å². The number of rotatable bonds is 5. The van der Waals surface area contributed by atoms with Crippen molar-refractivity contribution in [1.82, 2.24) is 0 Å². The molecule has 0 aliphatic carbocycles. The summed E-state index contributed by atoms with van der Waals surface area (Å²) in [6.07, 6.45) is 2.07. The van der Waals surface area contributed by atoms with E-state index >= 15 is 0 Å². The highest BCUT2D eigenvalue weighted by molar-refractivity contribution is 9.10. The summed E-state index contributed by atoms with van der Waals surface area (Å²) in [5.74, 6) is 2.93. The van der Waals surface area contributed by atoms with Crippen LogP contribution in [0.5, 0.6) is 0 Å². The second kappa shape index (κ2) is 6.34. The van der Waals surface area contributed by atoms with E-state index in [1.165, 1.54) is 5.56 Å². The Labute approximate surface area is 120 Å². The number of furan rings is 1. The zero-order valence-corrected chi connectivity index (χ0v) is 12.9. The van der Waals surface area contributed by atoms with E-state index in [0.29, 0.717) is 6.54 Å². The van der Waals surface area contributed by atoms with Gasteiger partial charge in [-0.1, -0.05) is 22.0 Å². The van der Waals surface area contributed by atoms with Gasteiger partial charge in [0.1, 0.15) is 11.5 Å². The van der Waals surface area contributed by atoms with Gasteiger partial charge in [0.25, 0.3) is 0 Å². The summed E-state index contributed by atoms with van der Waals surface area (Å²) in [5, 5.41) is 3.39. The average molecular weight is 326 g/mol. The van der Waals surface area contributed by atoms with E-state index < -0.39 is 0 Å². The van der Waals surface area contributed by atoms with Crippen LogP contribution in [0.1, 0.15) is 17.1 Å². The number of nitrogens with one attached hydrogen (secondary N) is 1. The molecule has 1 N–H and O–H groups in total. The van der Waals surface area contributed by atoms with Crippen LogP contribution >= 0.6 is 27.7 Å². The molecule has 2 rings (SSSR count). The molecule has 1 heterocycles. The van der Waals surface area contributed by atoms with Crippen molar-refractivity contribution in [2.75, 3.05) is 11.6 Å². The molecule has 0 unspecified atom stereocenters. The molecule has 0 aliphatic heterocycles. The smallest absolute Gasteiger partial charge is 0.123 e. The third kappa shape index (κ3) is 3.33.